The summed E-state index contributed by atoms with van der Waals surface area (Å²) in [6.07, 6.45) is 6.26. The topological polar surface area (TPSA) is 67.0 Å². The molecule has 4 heterocycles. The lowest BCUT2D eigenvalue weighted by Gasteiger charge is -2.24. The van der Waals surface area contributed by atoms with Crippen molar-refractivity contribution in [1.82, 2.24) is 24.8 Å². The number of nitrogens with zero attached hydrogens (tertiary/aromatic N) is 5. The molecular weight excluding hydrogens is 328 g/mol. The second-order valence-electron chi connectivity index (χ2n) is 7.36. The maximum Gasteiger partial charge on any atom is 0.193 e. The van der Waals surface area contributed by atoms with Crippen molar-refractivity contribution in [2.24, 2.45) is 10.4 Å². The lowest BCUT2D eigenvalue weighted by molar-refractivity contribution is 0.156. The normalized spacial score (nSPS) is 23.4. The number of hydrogen-bond donors (Lipinski definition) is 1. The number of rotatable bonds is 5. The van der Waals surface area contributed by atoms with E-state index >= 15 is 0 Å². The molecule has 2 saturated heterocycles. The van der Waals surface area contributed by atoms with Crippen LogP contribution >= 0.6 is 0 Å². The summed E-state index contributed by atoms with van der Waals surface area (Å²) < 4.78 is 7.70. The molecule has 7 nitrogen and oxygen atoms in total. The number of aliphatic imine (C=N–C) groups is 1. The van der Waals surface area contributed by atoms with Crippen molar-refractivity contribution in [3.05, 3.63) is 30.2 Å². The third-order valence-corrected chi connectivity index (χ3v) is 5.46. The van der Waals surface area contributed by atoms with Gasteiger partial charge < -0.3 is 15.0 Å². The molecule has 1 N–H and O–H groups in total. The fraction of sp³-hybridized carbons (Fsp3) is 0.632. The molecule has 0 aliphatic carbocycles. The van der Waals surface area contributed by atoms with Gasteiger partial charge in [-0.1, -0.05) is 6.07 Å². The average Bonchev–Trinajstić information content (AvgIpc) is 3.39. The van der Waals surface area contributed by atoms with Gasteiger partial charge in [0, 0.05) is 50.8 Å². The van der Waals surface area contributed by atoms with Crippen molar-refractivity contribution in [1.29, 1.82) is 0 Å². The van der Waals surface area contributed by atoms with Gasteiger partial charge in [-0.3, -0.25) is 9.39 Å². The molecule has 1 spiro atoms. The fourth-order valence-electron chi connectivity index (χ4n) is 4.00. The summed E-state index contributed by atoms with van der Waals surface area (Å²) in [7, 11) is 0. The number of fused-ring (bicyclic) bond motifs is 1. The summed E-state index contributed by atoms with van der Waals surface area (Å²) in [5.74, 6) is 2.05. The quantitative estimate of drug-likeness (QED) is 0.502. The first-order valence-corrected chi connectivity index (χ1v) is 9.69. The Morgan fingerprint density at radius 1 is 1.35 bits per heavy atom. The molecule has 0 saturated carbocycles. The van der Waals surface area contributed by atoms with E-state index in [9.17, 15) is 0 Å². The average molecular weight is 356 g/mol. The smallest absolute Gasteiger partial charge is 0.193 e. The molecule has 0 amide bonds. The summed E-state index contributed by atoms with van der Waals surface area (Å²) in [6, 6.07) is 5.98. The molecule has 0 radical (unpaired) electrons. The second-order valence-corrected chi connectivity index (χ2v) is 7.36. The minimum absolute atomic E-state index is 0.358. The van der Waals surface area contributed by atoms with Gasteiger partial charge in [0.1, 0.15) is 5.82 Å². The van der Waals surface area contributed by atoms with Crippen LogP contribution in [0.2, 0.25) is 0 Å². The Balaban J connectivity index is 1.34. The molecule has 2 aromatic heterocycles. The summed E-state index contributed by atoms with van der Waals surface area (Å²) >= 11 is 0. The van der Waals surface area contributed by atoms with Crippen LogP contribution < -0.4 is 5.32 Å². The summed E-state index contributed by atoms with van der Waals surface area (Å²) in [6.45, 7) is 7.77. The Morgan fingerprint density at radius 3 is 3.15 bits per heavy atom. The van der Waals surface area contributed by atoms with Crippen molar-refractivity contribution in [2.75, 3.05) is 39.4 Å². The van der Waals surface area contributed by atoms with E-state index in [1.165, 1.54) is 12.8 Å². The van der Waals surface area contributed by atoms with Crippen LogP contribution in [0.15, 0.2) is 29.4 Å². The molecule has 2 aliphatic heterocycles. The zero-order valence-electron chi connectivity index (χ0n) is 15.5. The van der Waals surface area contributed by atoms with Crippen LogP contribution in [0.3, 0.4) is 0 Å². The van der Waals surface area contributed by atoms with Crippen molar-refractivity contribution in [2.45, 2.75) is 32.6 Å². The first-order valence-electron chi connectivity index (χ1n) is 9.69. The van der Waals surface area contributed by atoms with Gasteiger partial charge in [0.25, 0.3) is 0 Å². The van der Waals surface area contributed by atoms with Crippen LogP contribution in [-0.4, -0.2) is 64.9 Å². The predicted octanol–water partition coefficient (Wildman–Crippen LogP) is 1.74. The Hall–Kier alpha value is -2.15. The predicted molar refractivity (Wildman–Crippen MR) is 101 cm³/mol. The Kier molecular flexibility index (Phi) is 5.06. The number of ether oxygens (including phenoxy) is 1. The van der Waals surface area contributed by atoms with Crippen molar-refractivity contribution in [3.8, 4) is 0 Å². The molecule has 140 valence electrons. The van der Waals surface area contributed by atoms with E-state index in [2.05, 4.69) is 31.7 Å². The maximum absolute atomic E-state index is 5.64. The largest absolute Gasteiger partial charge is 0.381 e. The minimum Gasteiger partial charge on any atom is -0.381 e. The molecule has 0 aromatic carbocycles. The minimum atomic E-state index is 0.358. The number of nitrogens with one attached hydrogen (secondary N) is 1. The molecule has 7 heteroatoms. The molecule has 26 heavy (non-hydrogen) atoms. The zero-order chi connectivity index (χ0) is 17.8. The third kappa shape index (κ3) is 3.53. The highest BCUT2D eigenvalue weighted by Crippen LogP contribution is 2.38. The summed E-state index contributed by atoms with van der Waals surface area (Å²) in [4.78, 5) is 7.27. The first-order chi connectivity index (χ1) is 12.8. The third-order valence-electron chi connectivity index (χ3n) is 5.46. The number of hydrogen-bond acceptors (Lipinski definition) is 4. The number of likely N-dealkylation sites (tertiary alicyclic amines) is 1. The maximum atomic E-state index is 5.64. The molecule has 1 unspecified atom stereocenters. The van der Waals surface area contributed by atoms with E-state index in [0.29, 0.717) is 5.41 Å². The highest BCUT2D eigenvalue weighted by Gasteiger charge is 2.42. The highest BCUT2D eigenvalue weighted by atomic mass is 16.5. The van der Waals surface area contributed by atoms with Gasteiger partial charge >= 0.3 is 0 Å². The molecular formula is C19H28N6O. The Labute approximate surface area is 154 Å². The molecule has 2 aliphatic rings. The monoisotopic (exact) mass is 356 g/mol. The number of aryl methyl sites for hydroxylation is 1. The lowest BCUT2D eigenvalue weighted by atomic mass is 9.87. The SMILES string of the molecule is CCNC(=NCCCc1nnc2ccccn12)N1CCC2(CCOC2)C1. The van der Waals surface area contributed by atoms with Crippen molar-refractivity contribution < 1.29 is 4.74 Å². The van der Waals surface area contributed by atoms with Crippen LogP contribution in [0, 0.1) is 5.41 Å². The van der Waals surface area contributed by atoms with Gasteiger partial charge in [0.2, 0.25) is 0 Å². The second kappa shape index (κ2) is 7.61. The van der Waals surface area contributed by atoms with Gasteiger partial charge in [-0.2, -0.15) is 0 Å². The molecule has 2 aromatic rings. The molecule has 0 bridgehead atoms. The van der Waals surface area contributed by atoms with E-state index in [-0.39, 0.29) is 0 Å². The van der Waals surface area contributed by atoms with Gasteiger partial charge in [0.05, 0.1) is 6.61 Å². The fourth-order valence-corrected chi connectivity index (χ4v) is 4.00. The van der Waals surface area contributed by atoms with Crippen LogP contribution in [0.4, 0.5) is 0 Å². The van der Waals surface area contributed by atoms with Gasteiger partial charge in [-0.05, 0) is 38.3 Å². The summed E-state index contributed by atoms with van der Waals surface area (Å²) in [5.41, 5.74) is 1.26. The van der Waals surface area contributed by atoms with Crippen LogP contribution in [0.1, 0.15) is 32.0 Å². The molecule has 2 fully saturated rings. The van der Waals surface area contributed by atoms with Gasteiger partial charge in [0.15, 0.2) is 11.6 Å². The number of guanidine groups is 1. The molecule has 4 rings (SSSR count). The van der Waals surface area contributed by atoms with E-state index in [1.54, 1.807) is 0 Å². The van der Waals surface area contributed by atoms with E-state index in [0.717, 1.165) is 69.7 Å². The van der Waals surface area contributed by atoms with Gasteiger partial charge in [-0.25, -0.2) is 0 Å². The standard InChI is InChI=1S/C19H28N6O/c1-2-20-18(24-12-8-19(14-24)9-13-26-15-19)21-10-5-7-17-23-22-16-6-3-4-11-25(16)17/h3-4,6,11H,2,5,7-10,12-15H2,1H3,(H,20,21). The molecule has 1 atom stereocenters. The Morgan fingerprint density at radius 2 is 2.31 bits per heavy atom. The van der Waals surface area contributed by atoms with E-state index in [1.807, 2.05) is 24.4 Å². The number of aromatic nitrogens is 3. The zero-order valence-corrected chi connectivity index (χ0v) is 15.5. The number of pyridine rings is 1. The van der Waals surface area contributed by atoms with E-state index < -0.39 is 0 Å². The lowest BCUT2D eigenvalue weighted by Crippen LogP contribution is -2.41. The summed E-state index contributed by atoms with van der Waals surface area (Å²) in [5, 5.41) is 12.0. The van der Waals surface area contributed by atoms with Crippen LogP contribution in [0.25, 0.3) is 5.65 Å². The first kappa shape index (κ1) is 17.3. The highest BCUT2D eigenvalue weighted by molar-refractivity contribution is 5.80. The van der Waals surface area contributed by atoms with E-state index in [4.69, 9.17) is 9.73 Å². The van der Waals surface area contributed by atoms with Crippen molar-refractivity contribution in [3.63, 3.8) is 0 Å². The Bertz CT molecular complexity index is 764. The van der Waals surface area contributed by atoms with Crippen molar-refractivity contribution >= 4 is 11.6 Å². The van der Waals surface area contributed by atoms with Gasteiger partial charge in [-0.15, -0.1) is 10.2 Å². The van der Waals surface area contributed by atoms with Crippen LogP contribution in [-0.2, 0) is 11.2 Å². The van der Waals surface area contributed by atoms with Crippen LogP contribution in [0.5, 0.6) is 0 Å².